The third kappa shape index (κ3) is 4.38. The number of aromatic nitrogens is 1. The molecule has 2 amide bonds. The van der Waals surface area contributed by atoms with E-state index in [0.29, 0.717) is 6.42 Å². The second-order valence-corrected chi connectivity index (χ2v) is 6.33. The number of urea groups is 1. The standard InChI is InChI=1S/C17H24N4O3/c1-13(10-16-4-3-9-23-16)18-17(22)21-7-5-20(6-8-21)12-15-11-14(2)24-19-15/h3-4,9,11,13H,5-8,10,12H2,1-2H3,(H,18,22)/t13-/m1/s1. The van der Waals surface area contributed by atoms with Crippen LogP contribution in [0.1, 0.15) is 24.1 Å². The third-order valence-electron chi connectivity index (χ3n) is 4.18. The molecule has 7 heteroatoms. The number of carbonyl (C=O) groups is 1. The molecule has 2 aromatic rings. The fourth-order valence-corrected chi connectivity index (χ4v) is 2.91. The molecule has 0 saturated carbocycles. The molecule has 1 aliphatic heterocycles. The number of carbonyl (C=O) groups excluding carboxylic acids is 1. The highest BCUT2D eigenvalue weighted by atomic mass is 16.5. The smallest absolute Gasteiger partial charge is 0.317 e. The summed E-state index contributed by atoms with van der Waals surface area (Å²) < 4.78 is 10.4. The molecular formula is C17H24N4O3. The first-order valence-electron chi connectivity index (χ1n) is 8.32. The normalized spacial score (nSPS) is 17.0. The summed E-state index contributed by atoms with van der Waals surface area (Å²) in [4.78, 5) is 16.5. The molecule has 2 aromatic heterocycles. The maximum Gasteiger partial charge on any atom is 0.317 e. The molecule has 3 rings (SSSR count). The predicted octanol–water partition coefficient (Wildman–Crippen LogP) is 2.03. The van der Waals surface area contributed by atoms with E-state index in [1.165, 1.54) is 0 Å². The fraction of sp³-hybridized carbons (Fsp3) is 0.529. The number of aryl methyl sites for hydroxylation is 1. The van der Waals surface area contributed by atoms with Crippen molar-refractivity contribution in [3.63, 3.8) is 0 Å². The Morgan fingerprint density at radius 2 is 2.17 bits per heavy atom. The first kappa shape index (κ1) is 16.6. The van der Waals surface area contributed by atoms with Crippen LogP contribution in [-0.2, 0) is 13.0 Å². The second kappa shape index (κ2) is 7.53. The Kier molecular flexibility index (Phi) is 5.20. The number of piperazine rings is 1. The van der Waals surface area contributed by atoms with Gasteiger partial charge >= 0.3 is 6.03 Å². The minimum Gasteiger partial charge on any atom is -0.469 e. The average Bonchev–Trinajstić information content (AvgIpc) is 3.20. The Labute approximate surface area is 141 Å². The van der Waals surface area contributed by atoms with E-state index in [0.717, 1.165) is 49.9 Å². The molecule has 7 nitrogen and oxygen atoms in total. The monoisotopic (exact) mass is 332 g/mol. The number of hydrogen-bond acceptors (Lipinski definition) is 5. The molecule has 24 heavy (non-hydrogen) atoms. The molecular weight excluding hydrogens is 308 g/mol. The van der Waals surface area contributed by atoms with Gasteiger partial charge in [-0.05, 0) is 26.0 Å². The van der Waals surface area contributed by atoms with Gasteiger partial charge in [-0.25, -0.2) is 4.79 Å². The van der Waals surface area contributed by atoms with Crippen molar-refractivity contribution in [3.8, 4) is 0 Å². The molecule has 1 saturated heterocycles. The van der Waals surface area contributed by atoms with Crippen LogP contribution < -0.4 is 5.32 Å². The quantitative estimate of drug-likeness (QED) is 0.907. The lowest BCUT2D eigenvalue weighted by Crippen LogP contribution is -2.53. The molecule has 0 aliphatic carbocycles. The molecule has 1 fully saturated rings. The molecule has 3 heterocycles. The first-order valence-corrected chi connectivity index (χ1v) is 8.32. The number of amides is 2. The summed E-state index contributed by atoms with van der Waals surface area (Å²) in [5.41, 5.74) is 0.942. The lowest BCUT2D eigenvalue weighted by molar-refractivity contribution is 0.132. The van der Waals surface area contributed by atoms with Gasteiger partial charge < -0.3 is 19.2 Å². The Morgan fingerprint density at radius 3 is 2.79 bits per heavy atom. The Morgan fingerprint density at radius 1 is 1.38 bits per heavy atom. The van der Waals surface area contributed by atoms with E-state index in [1.807, 2.05) is 36.9 Å². The minimum atomic E-state index is -0.00835. The molecule has 0 spiro atoms. The van der Waals surface area contributed by atoms with Gasteiger partial charge in [0.25, 0.3) is 0 Å². The fourth-order valence-electron chi connectivity index (χ4n) is 2.91. The zero-order valence-corrected chi connectivity index (χ0v) is 14.2. The summed E-state index contributed by atoms with van der Waals surface area (Å²) in [6, 6.07) is 5.77. The lowest BCUT2D eigenvalue weighted by atomic mass is 10.2. The molecule has 0 bridgehead atoms. The Hall–Kier alpha value is -2.28. The van der Waals surface area contributed by atoms with Crippen molar-refractivity contribution in [2.45, 2.75) is 32.9 Å². The highest BCUT2D eigenvalue weighted by Crippen LogP contribution is 2.10. The highest BCUT2D eigenvalue weighted by molar-refractivity contribution is 5.74. The molecule has 130 valence electrons. The summed E-state index contributed by atoms with van der Waals surface area (Å²) in [7, 11) is 0. The van der Waals surface area contributed by atoms with Crippen LogP contribution in [0, 0.1) is 6.92 Å². The minimum absolute atomic E-state index is 0.00835. The predicted molar refractivity (Wildman–Crippen MR) is 88.5 cm³/mol. The van der Waals surface area contributed by atoms with E-state index in [-0.39, 0.29) is 12.1 Å². The molecule has 0 unspecified atom stereocenters. The largest absolute Gasteiger partial charge is 0.469 e. The topological polar surface area (TPSA) is 74.8 Å². The van der Waals surface area contributed by atoms with Crippen molar-refractivity contribution in [3.05, 3.63) is 41.7 Å². The van der Waals surface area contributed by atoms with Gasteiger partial charge in [0.2, 0.25) is 0 Å². The summed E-state index contributed by atoms with van der Waals surface area (Å²) >= 11 is 0. The van der Waals surface area contributed by atoms with Gasteiger partial charge in [-0.2, -0.15) is 0 Å². The van der Waals surface area contributed by atoms with E-state index in [2.05, 4.69) is 15.4 Å². The number of nitrogens with zero attached hydrogens (tertiary/aromatic N) is 3. The summed E-state index contributed by atoms with van der Waals surface area (Å²) in [6.07, 6.45) is 2.35. The molecule has 1 atom stereocenters. The van der Waals surface area contributed by atoms with Gasteiger partial charge in [-0.3, -0.25) is 4.90 Å². The SMILES string of the molecule is Cc1cc(CN2CCN(C(=O)N[C@H](C)Cc3ccco3)CC2)no1. The molecule has 0 radical (unpaired) electrons. The third-order valence-corrected chi connectivity index (χ3v) is 4.18. The van der Waals surface area contributed by atoms with Crippen LogP contribution in [0.2, 0.25) is 0 Å². The summed E-state index contributed by atoms with van der Waals surface area (Å²) in [6.45, 7) is 7.76. The average molecular weight is 332 g/mol. The van der Waals surface area contributed by atoms with Gasteiger partial charge in [0.15, 0.2) is 0 Å². The van der Waals surface area contributed by atoms with Crippen LogP contribution in [0.3, 0.4) is 0 Å². The molecule has 1 aliphatic rings. The first-order chi connectivity index (χ1) is 11.6. The number of hydrogen-bond donors (Lipinski definition) is 1. The van der Waals surface area contributed by atoms with E-state index in [4.69, 9.17) is 8.94 Å². The Balaban J connectivity index is 1.41. The zero-order chi connectivity index (χ0) is 16.9. The van der Waals surface area contributed by atoms with Gasteiger partial charge in [-0.15, -0.1) is 0 Å². The summed E-state index contributed by atoms with van der Waals surface area (Å²) in [5, 5.41) is 7.06. The second-order valence-electron chi connectivity index (χ2n) is 6.33. The highest BCUT2D eigenvalue weighted by Gasteiger charge is 2.22. The lowest BCUT2D eigenvalue weighted by Gasteiger charge is -2.34. The van der Waals surface area contributed by atoms with E-state index < -0.39 is 0 Å². The van der Waals surface area contributed by atoms with Crippen molar-refractivity contribution < 1.29 is 13.7 Å². The molecule has 1 N–H and O–H groups in total. The summed E-state index contributed by atoms with van der Waals surface area (Å²) in [5.74, 6) is 1.71. The maximum absolute atomic E-state index is 12.3. The maximum atomic E-state index is 12.3. The van der Waals surface area contributed by atoms with Crippen molar-refractivity contribution in [2.75, 3.05) is 26.2 Å². The van der Waals surface area contributed by atoms with Crippen LogP contribution in [0.15, 0.2) is 33.4 Å². The van der Waals surface area contributed by atoms with Crippen LogP contribution >= 0.6 is 0 Å². The van der Waals surface area contributed by atoms with Crippen LogP contribution in [-0.4, -0.2) is 53.2 Å². The van der Waals surface area contributed by atoms with Gasteiger partial charge in [0.1, 0.15) is 11.5 Å². The number of nitrogens with one attached hydrogen (secondary N) is 1. The van der Waals surface area contributed by atoms with Crippen molar-refractivity contribution in [1.29, 1.82) is 0 Å². The number of furan rings is 1. The van der Waals surface area contributed by atoms with Crippen molar-refractivity contribution >= 4 is 6.03 Å². The van der Waals surface area contributed by atoms with Crippen molar-refractivity contribution in [1.82, 2.24) is 20.3 Å². The van der Waals surface area contributed by atoms with E-state index in [9.17, 15) is 4.79 Å². The van der Waals surface area contributed by atoms with Crippen LogP contribution in [0.4, 0.5) is 4.79 Å². The van der Waals surface area contributed by atoms with Crippen LogP contribution in [0.5, 0.6) is 0 Å². The number of rotatable bonds is 5. The van der Waals surface area contributed by atoms with E-state index >= 15 is 0 Å². The van der Waals surface area contributed by atoms with Gasteiger partial charge in [-0.1, -0.05) is 5.16 Å². The Bertz CT molecular complexity index is 645. The van der Waals surface area contributed by atoms with Crippen LogP contribution in [0.25, 0.3) is 0 Å². The van der Waals surface area contributed by atoms with E-state index in [1.54, 1.807) is 6.26 Å². The van der Waals surface area contributed by atoms with Gasteiger partial charge in [0.05, 0.1) is 12.0 Å². The molecule has 0 aromatic carbocycles. The van der Waals surface area contributed by atoms with Crippen molar-refractivity contribution in [2.24, 2.45) is 0 Å². The zero-order valence-electron chi connectivity index (χ0n) is 14.2. The van der Waals surface area contributed by atoms with Gasteiger partial charge in [0, 0.05) is 51.3 Å².